The van der Waals surface area contributed by atoms with Gasteiger partial charge in [0.2, 0.25) is 0 Å². The molecule has 3 saturated carbocycles. The Balaban J connectivity index is 1.53. The molecule has 0 aromatic heterocycles. The molecule has 0 saturated heterocycles. The Morgan fingerprint density at radius 1 is 1.00 bits per heavy atom. The lowest BCUT2D eigenvalue weighted by Crippen LogP contribution is -2.53. The van der Waals surface area contributed by atoms with Gasteiger partial charge in [-0.1, -0.05) is 72.0 Å². The van der Waals surface area contributed by atoms with Crippen LogP contribution in [0.2, 0.25) is 0 Å². The van der Waals surface area contributed by atoms with Gasteiger partial charge in [0.25, 0.3) is 0 Å². The third-order valence-electron chi connectivity index (χ3n) is 10.2. The normalized spacial score (nSPS) is 46.5. The number of rotatable bonds is 5. The lowest BCUT2D eigenvalue weighted by molar-refractivity contribution is -0.0484. The molecule has 8 atom stereocenters. The molecule has 0 radical (unpaired) electrons. The molecule has 3 fully saturated rings. The number of allylic oxidation sites excluding steroid dienone is 2. The first-order chi connectivity index (χ1) is 13.3. The molecule has 160 valence electrons. The van der Waals surface area contributed by atoms with Crippen LogP contribution >= 0.6 is 11.6 Å². The van der Waals surface area contributed by atoms with Crippen LogP contribution in [0.1, 0.15) is 105 Å². The molecule has 0 bridgehead atoms. The molecule has 1 heteroatoms. The fraction of sp³-hybridized carbons (Fsp3) is 0.926. The summed E-state index contributed by atoms with van der Waals surface area (Å²) >= 11 is 7.17. The van der Waals surface area contributed by atoms with Crippen molar-refractivity contribution in [3.05, 3.63) is 11.6 Å². The quantitative estimate of drug-likeness (QED) is 0.317. The van der Waals surface area contributed by atoms with E-state index in [2.05, 4.69) is 40.7 Å². The average Bonchev–Trinajstić information content (AvgIpc) is 2.99. The molecule has 0 aromatic rings. The Morgan fingerprint density at radius 2 is 1.79 bits per heavy atom. The molecule has 0 heterocycles. The first-order valence-electron chi connectivity index (χ1n) is 12.6. The molecule has 0 aromatic carbocycles. The van der Waals surface area contributed by atoms with Gasteiger partial charge in [-0.2, -0.15) is 0 Å². The maximum atomic E-state index is 7.17. The van der Waals surface area contributed by atoms with Crippen LogP contribution in [0.4, 0.5) is 0 Å². The van der Waals surface area contributed by atoms with Crippen molar-refractivity contribution in [1.29, 1.82) is 0 Å². The predicted molar refractivity (Wildman–Crippen MR) is 123 cm³/mol. The molecule has 0 N–H and O–H groups in total. The van der Waals surface area contributed by atoms with Gasteiger partial charge in [-0.25, -0.2) is 0 Å². The highest BCUT2D eigenvalue weighted by molar-refractivity contribution is 6.22. The van der Waals surface area contributed by atoms with E-state index < -0.39 is 0 Å². The van der Waals surface area contributed by atoms with E-state index in [-0.39, 0.29) is 0 Å². The van der Waals surface area contributed by atoms with Crippen molar-refractivity contribution < 1.29 is 0 Å². The largest absolute Gasteiger partial charge is 0.118 e. The van der Waals surface area contributed by atoms with Gasteiger partial charge in [-0.05, 0) is 91.3 Å². The van der Waals surface area contributed by atoms with Crippen molar-refractivity contribution in [3.8, 4) is 0 Å². The Morgan fingerprint density at radius 3 is 2.54 bits per heavy atom. The number of fused-ring (bicyclic) bond motifs is 5. The molecular formula is C27H45Cl. The monoisotopic (exact) mass is 404 g/mol. The summed E-state index contributed by atoms with van der Waals surface area (Å²) in [6.07, 6.45) is 18.2. The highest BCUT2D eigenvalue weighted by Crippen LogP contribution is 2.67. The molecule has 1 unspecified atom stereocenters. The van der Waals surface area contributed by atoms with E-state index in [4.69, 9.17) is 11.6 Å². The molecule has 28 heavy (non-hydrogen) atoms. The second-order valence-corrected chi connectivity index (χ2v) is 12.6. The highest BCUT2D eigenvalue weighted by Gasteiger charge is 2.60. The first-order valence-corrected chi connectivity index (χ1v) is 13.1. The lowest BCUT2D eigenvalue weighted by Gasteiger charge is -2.59. The molecule has 4 rings (SSSR count). The lowest BCUT2D eigenvalue weighted by atomic mass is 9.47. The van der Waals surface area contributed by atoms with Crippen molar-refractivity contribution in [2.45, 2.75) is 111 Å². The summed E-state index contributed by atoms with van der Waals surface area (Å²) in [5.41, 5.74) is 2.75. The summed E-state index contributed by atoms with van der Waals surface area (Å²) < 4.78 is 0. The number of hydrogen-bond donors (Lipinski definition) is 0. The number of halogens is 1. The van der Waals surface area contributed by atoms with Gasteiger partial charge in [0, 0.05) is 0 Å². The minimum Gasteiger partial charge on any atom is -0.118 e. The van der Waals surface area contributed by atoms with E-state index in [1.54, 1.807) is 5.57 Å². The fourth-order valence-electron chi connectivity index (χ4n) is 8.66. The van der Waals surface area contributed by atoms with Crippen molar-refractivity contribution >= 4 is 11.6 Å². The molecule has 0 amide bonds. The number of alkyl halides is 1. The maximum absolute atomic E-state index is 7.17. The molecule has 4 aliphatic rings. The van der Waals surface area contributed by atoms with Crippen LogP contribution in [-0.4, -0.2) is 5.38 Å². The standard InChI is InChI=1S/C27H45Cl/c1-18(2)9-8-10-19(3)21-12-13-22-25-23(14-16-27(21,22)5)26(4)15-7-6-11-20(26)17-24(25)28/h17-19,21-25H,6-16H2,1-5H3/t19-,21-,22+,23+,24?,25+,26+,27-/m1/s1. The van der Waals surface area contributed by atoms with E-state index >= 15 is 0 Å². The Bertz CT molecular complexity index is 591. The van der Waals surface area contributed by atoms with Crippen molar-refractivity contribution in [2.24, 2.45) is 46.3 Å². The molecule has 0 spiro atoms. The van der Waals surface area contributed by atoms with Crippen LogP contribution in [0, 0.1) is 46.3 Å². The van der Waals surface area contributed by atoms with Gasteiger partial charge in [0.15, 0.2) is 0 Å². The van der Waals surface area contributed by atoms with Crippen LogP contribution in [0.15, 0.2) is 11.6 Å². The Hall–Kier alpha value is 0.0300. The summed E-state index contributed by atoms with van der Waals surface area (Å²) in [6.45, 7) is 12.6. The van der Waals surface area contributed by atoms with E-state index in [0.717, 1.165) is 35.5 Å². The van der Waals surface area contributed by atoms with Gasteiger partial charge >= 0.3 is 0 Å². The zero-order chi connectivity index (χ0) is 20.1. The van der Waals surface area contributed by atoms with E-state index in [1.807, 2.05) is 0 Å². The minimum absolute atomic E-state index is 0.297. The third kappa shape index (κ3) is 3.42. The van der Waals surface area contributed by atoms with Gasteiger partial charge in [-0.15, -0.1) is 11.6 Å². The molecule has 4 aliphatic carbocycles. The van der Waals surface area contributed by atoms with Crippen LogP contribution < -0.4 is 0 Å². The average molecular weight is 405 g/mol. The highest BCUT2D eigenvalue weighted by atomic mass is 35.5. The summed E-state index contributed by atoms with van der Waals surface area (Å²) in [5, 5.41) is 0.297. The fourth-order valence-corrected chi connectivity index (χ4v) is 9.16. The zero-order valence-electron chi connectivity index (χ0n) is 19.3. The molecule has 0 nitrogen and oxygen atoms in total. The Kier molecular flexibility index (Phi) is 6.03. The van der Waals surface area contributed by atoms with E-state index in [1.165, 1.54) is 70.6 Å². The van der Waals surface area contributed by atoms with Gasteiger partial charge in [0.1, 0.15) is 0 Å². The molecular weight excluding hydrogens is 360 g/mol. The van der Waals surface area contributed by atoms with Crippen LogP contribution in [0.25, 0.3) is 0 Å². The van der Waals surface area contributed by atoms with E-state index in [9.17, 15) is 0 Å². The smallest absolute Gasteiger partial charge is 0.0552 e. The number of hydrogen-bond acceptors (Lipinski definition) is 0. The van der Waals surface area contributed by atoms with Crippen LogP contribution in [-0.2, 0) is 0 Å². The van der Waals surface area contributed by atoms with Gasteiger partial charge in [-0.3, -0.25) is 0 Å². The van der Waals surface area contributed by atoms with Crippen LogP contribution in [0.3, 0.4) is 0 Å². The predicted octanol–water partition coefficient (Wildman–Crippen LogP) is 8.64. The zero-order valence-corrected chi connectivity index (χ0v) is 20.0. The van der Waals surface area contributed by atoms with Crippen molar-refractivity contribution in [2.75, 3.05) is 0 Å². The summed E-state index contributed by atoms with van der Waals surface area (Å²) in [4.78, 5) is 0. The van der Waals surface area contributed by atoms with Crippen molar-refractivity contribution in [3.63, 3.8) is 0 Å². The summed E-state index contributed by atoms with van der Waals surface area (Å²) in [6, 6.07) is 0. The van der Waals surface area contributed by atoms with Gasteiger partial charge < -0.3 is 0 Å². The summed E-state index contributed by atoms with van der Waals surface area (Å²) in [7, 11) is 0. The van der Waals surface area contributed by atoms with Crippen molar-refractivity contribution in [1.82, 2.24) is 0 Å². The van der Waals surface area contributed by atoms with Crippen LogP contribution in [0.5, 0.6) is 0 Å². The summed E-state index contributed by atoms with van der Waals surface area (Å²) in [5.74, 6) is 5.12. The third-order valence-corrected chi connectivity index (χ3v) is 10.6. The topological polar surface area (TPSA) is 0 Å². The first kappa shape index (κ1) is 21.3. The minimum atomic E-state index is 0.297. The second-order valence-electron chi connectivity index (χ2n) is 12.1. The SMILES string of the molecule is CC(C)CCC[C@@H](C)[C@H]1CC[C@H]2[C@@H]3C(Cl)C=C4CCCC[C@]4(C)[C@H]3CC[C@]12C. The maximum Gasteiger partial charge on any atom is 0.0552 e. The second kappa shape index (κ2) is 7.94. The van der Waals surface area contributed by atoms with Gasteiger partial charge in [0.05, 0.1) is 5.38 Å². The van der Waals surface area contributed by atoms with E-state index in [0.29, 0.717) is 16.2 Å². The Labute approximate surface area is 180 Å². The molecule has 0 aliphatic heterocycles.